The number of carbonyl (C=O) groups excluding carboxylic acids is 1. The van der Waals surface area contributed by atoms with E-state index in [0.29, 0.717) is 32.0 Å². The first-order valence-corrected chi connectivity index (χ1v) is 8.00. The molecule has 3 rings (SSSR count). The Bertz CT molecular complexity index is 805. The van der Waals surface area contributed by atoms with E-state index in [1.807, 2.05) is 0 Å². The summed E-state index contributed by atoms with van der Waals surface area (Å²) in [4.78, 5) is 22.5. The van der Waals surface area contributed by atoms with Gasteiger partial charge < -0.3 is 15.0 Å². The van der Waals surface area contributed by atoms with Crippen molar-refractivity contribution in [3.8, 4) is 0 Å². The Morgan fingerprint density at radius 3 is 2.62 bits per heavy atom. The number of nitrogens with one attached hydrogen (secondary N) is 1. The number of morpholine rings is 1. The molecule has 26 heavy (non-hydrogen) atoms. The zero-order valence-corrected chi connectivity index (χ0v) is 14.0. The first-order valence-electron chi connectivity index (χ1n) is 8.00. The van der Waals surface area contributed by atoms with Gasteiger partial charge >= 0.3 is 6.18 Å². The largest absolute Gasteiger partial charge is 0.416 e. The van der Waals surface area contributed by atoms with E-state index in [4.69, 9.17) is 4.74 Å². The lowest BCUT2D eigenvalue weighted by atomic mass is 10.2. The number of alkyl halides is 3. The minimum atomic E-state index is -4.44. The molecule has 0 unspecified atom stereocenters. The van der Waals surface area contributed by atoms with E-state index < -0.39 is 11.7 Å². The number of aromatic nitrogens is 2. The molecule has 0 atom stereocenters. The standard InChI is InChI=1S/C17H17F3N4O2/c1-11-9-14(15(25)24-5-7-26-8-6-24)23-16(21-11)22-13-4-2-3-12(10-13)17(18,19)20/h2-4,9-10H,5-8H2,1H3,(H,21,22,23). The third-order valence-corrected chi connectivity index (χ3v) is 3.82. The SMILES string of the molecule is Cc1cc(C(=O)N2CCOCC2)nc(Nc2cccc(C(F)(F)F)c2)n1. The topological polar surface area (TPSA) is 67.4 Å². The molecule has 1 aliphatic rings. The van der Waals surface area contributed by atoms with Crippen molar-refractivity contribution in [3.05, 3.63) is 47.3 Å². The normalized spacial score (nSPS) is 15.0. The van der Waals surface area contributed by atoms with Gasteiger partial charge in [-0.1, -0.05) is 6.07 Å². The molecular weight excluding hydrogens is 349 g/mol. The molecule has 0 radical (unpaired) electrons. The summed E-state index contributed by atoms with van der Waals surface area (Å²) in [7, 11) is 0. The summed E-state index contributed by atoms with van der Waals surface area (Å²) in [5, 5.41) is 2.74. The van der Waals surface area contributed by atoms with Gasteiger partial charge in [0.25, 0.3) is 5.91 Å². The molecule has 6 nitrogen and oxygen atoms in total. The predicted molar refractivity (Wildman–Crippen MR) is 88.2 cm³/mol. The second kappa shape index (κ2) is 7.28. The number of benzene rings is 1. The van der Waals surface area contributed by atoms with E-state index in [1.54, 1.807) is 17.9 Å². The molecule has 9 heteroatoms. The minimum Gasteiger partial charge on any atom is -0.378 e. The van der Waals surface area contributed by atoms with Gasteiger partial charge in [0.1, 0.15) is 5.69 Å². The van der Waals surface area contributed by atoms with Crippen LogP contribution in [-0.4, -0.2) is 47.1 Å². The van der Waals surface area contributed by atoms with Crippen LogP contribution in [0.3, 0.4) is 0 Å². The highest BCUT2D eigenvalue weighted by Gasteiger charge is 2.30. The molecule has 1 aliphatic heterocycles. The number of hydrogen-bond donors (Lipinski definition) is 1. The quantitative estimate of drug-likeness (QED) is 0.905. The fourth-order valence-electron chi connectivity index (χ4n) is 2.56. The summed E-state index contributed by atoms with van der Waals surface area (Å²) in [5.41, 5.74) is 0.134. The number of anilines is 2. The molecular formula is C17H17F3N4O2. The number of amides is 1. The van der Waals surface area contributed by atoms with Crippen molar-refractivity contribution in [2.45, 2.75) is 13.1 Å². The van der Waals surface area contributed by atoms with Crippen molar-refractivity contribution in [1.29, 1.82) is 0 Å². The average molecular weight is 366 g/mol. The van der Waals surface area contributed by atoms with Gasteiger partial charge in [0.05, 0.1) is 18.8 Å². The molecule has 1 fully saturated rings. The summed E-state index contributed by atoms with van der Waals surface area (Å²) in [5.74, 6) is -0.188. The van der Waals surface area contributed by atoms with E-state index in [2.05, 4.69) is 15.3 Å². The van der Waals surface area contributed by atoms with Crippen LogP contribution in [0.5, 0.6) is 0 Å². The first-order chi connectivity index (χ1) is 12.3. The summed E-state index contributed by atoms with van der Waals surface area (Å²) < 4.78 is 43.7. The molecule has 0 bridgehead atoms. The second-order valence-corrected chi connectivity index (χ2v) is 5.83. The Morgan fingerprint density at radius 1 is 1.19 bits per heavy atom. The van der Waals surface area contributed by atoms with E-state index in [1.165, 1.54) is 12.1 Å². The Balaban J connectivity index is 1.83. The number of ether oxygens (including phenoxy) is 1. The highest BCUT2D eigenvalue weighted by molar-refractivity contribution is 5.92. The van der Waals surface area contributed by atoms with Crippen LogP contribution in [0.4, 0.5) is 24.8 Å². The van der Waals surface area contributed by atoms with E-state index >= 15 is 0 Å². The summed E-state index contributed by atoms with van der Waals surface area (Å²) >= 11 is 0. The van der Waals surface area contributed by atoms with Gasteiger partial charge in [0.2, 0.25) is 5.95 Å². The zero-order valence-electron chi connectivity index (χ0n) is 14.0. The lowest BCUT2D eigenvalue weighted by molar-refractivity contribution is -0.137. The Morgan fingerprint density at radius 2 is 1.92 bits per heavy atom. The predicted octanol–water partition coefficient (Wildman–Crippen LogP) is 3.02. The molecule has 1 aromatic carbocycles. The molecule has 1 amide bonds. The van der Waals surface area contributed by atoms with Crippen molar-refractivity contribution in [3.63, 3.8) is 0 Å². The number of nitrogens with zero attached hydrogens (tertiary/aromatic N) is 3. The molecule has 0 aliphatic carbocycles. The monoisotopic (exact) mass is 366 g/mol. The number of aryl methyl sites for hydroxylation is 1. The average Bonchev–Trinajstić information content (AvgIpc) is 2.61. The van der Waals surface area contributed by atoms with E-state index in [9.17, 15) is 18.0 Å². The summed E-state index contributed by atoms with van der Waals surface area (Å²) in [6.07, 6.45) is -4.44. The second-order valence-electron chi connectivity index (χ2n) is 5.83. The van der Waals surface area contributed by atoms with Crippen LogP contribution in [0.1, 0.15) is 21.7 Å². The lowest BCUT2D eigenvalue weighted by Crippen LogP contribution is -2.41. The fourth-order valence-corrected chi connectivity index (χ4v) is 2.56. The van der Waals surface area contributed by atoms with Crippen LogP contribution in [0.25, 0.3) is 0 Å². The Kier molecular flexibility index (Phi) is 5.08. The maximum atomic E-state index is 12.8. The third kappa shape index (κ3) is 4.29. The van der Waals surface area contributed by atoms with Gasteiger partial charge in [-0.25, -0.2) is 9.97 Å². The van der Waals surface area contributed by atoms with Crippen molar-refractivity contribution in [1.82, 2.24) is 14.9 Å². The van der Waals surface area contributed by atoms with Gasteiger partial charge in [-0.3, -0.25) is 4.79 Å². The first kappa shape index (κ1) is 18.1. The van der Waals surface area contributed by atoms with Crippen LogP contribution in [0.15, 0.2) is 30.3 Å². The number of halogens is 3. The van der Waals surface area contributed by atoms with Gasteiger partial charge in [-0.15, -0.1) is 0 Å². The lowest BCUT2D eigenvalue weighted by Gasteiger charge is -2.26. The summed E-state index contributed by atoms with van der Waals surface area (Å²) in [6.45, 7) is 3.56. The number of hydrogen-bond acceptors (Lipinski definition) is 5. The number of rotatable bonds is 3. The van der Waals surface area contributed by atoms with Crippen LogP contribution in [0, 0.1) is 6.92 Å². The maximum absolute atomic E-state index is 12.8. The van der Waals surface area contributed by atoms with Crippen LogP contribution in [-0.2, 0) is 10.9 Å². The van der Waals surface area contributed by atoms with Crippen molar-refractivity contribution in [2.24, 2.45) is 0 Å². The number of carbonyl (C=O) groups is 1. The van der Waals surface area contributed by atoms with Crippen molar-refractivity contribution in [2.75, 3.05) is 31.6 Å². The van der Waals surface area contributed by atoms with Crippen molar-refractivity contribution >= 4 is 17.5 Å². The third-order valence-electron chi connectivity index (χ3n) is 3.82. The molecule has 0 spiro atoms. The van der Waals surface area contributed by atoms with E-state index in [0.717, 1.165) is 12.1 Å². The molecule has 1 N–H and O–H groups in total. The maximum Gasteiger partial charge on any atom is 0.416 e. The van der Waals surface area contributed by atoms with Crippen LogP contribution in [0.2, 0.25) is 0 Å². The van der Waals surface area contributed by atoms with Crippen molar-refractivity contribution < 1.29 is 22.7 Å². The van der Waals surface area contributed by atoms with E-state index in [-0.39, 0.29) is 23.2 Å². The molecule has 2 aromatic rings. The molecule has 1 aromatic heterocycles. The Hall–Kier alpha value is -2.68. The zero-order chi connectivity index (χ0) is 18.7. The molecule has 1 saturated heterocycles. The highest BCUT2D eigenvalue weighted by Crippen LogP contribution is 2.31. The van der Waals surface area contributed by atoms with Crippen LogP contribution < -0.4 is 5.32 Å². The molecule has 0 saturated carbocycles. The van der Waals surface area contributed by atoms with Gasteiger partial charge in [0.15, 0.2) is 0 Å². The highest BCUT2D eigenvalue weighted by atomic mass is 19.4. The van der Waals surface area contributed by atoms with Crippen LogP contribution >= 0.6 is 0 Å². The van der Waals surface area contributed by atoms with Gasteiger partial charge in [-0.2, -0.15) is 13.2 Å². The van der Waals surface area contributed by atoms with Gasteiger partial charge in [0, 0.05) is 24.5 Å². The fraction of sp³-hybridized carbons (Fsp3) is 0.353. The minimum absolute atomic E-state index is 0.0703. The molecule has 138 valence electrons. The van der Waals surface area contributed by atoms with Gasteiger partial charge in [-0.05, 0) is 31.2 Å². The summed E-state index contributed by atoms with van der Waals surface area (Å²) in [6, 6.07) is 6.27. The Labute approximate surface area is 148 Å². The molecule has 2 heterocycles. The smallest absolute Gasteiger partial charge is 0.378 e.